The molecule has 0 bridgehead atoms. The van der Waals surface area contributed by atoms with Gasteiger partial charge in [0.25, 0.3) is 0 Å². The van der Waals surface area contributed by atoms with Crippen LogP contribution in [0.25, 0.3) is 0 Å². The molecule has 2 fully saturated rings. The lowest BCUT2D eigenvalue weighted by Gasteiger charge is -2.30. The molecule has 1 saturated heterocycles. The molecule has 1 aliphatic heterocycles. The molecule has 1 aliphatic carbocycles. The second-order valence-corrected chi connectivity index (χ2v) is 7.04. The minimum Gasteiger partial charge on any atom is -0.497 e. The minimum absolute atomic E-state index is 0.0388. The molecule has 25 heavy (non-hydrogen) atoms. The van der Waals surface area contributed by atoms with E-state index in [0.29, 0.717) is 19.0 Å². The summed E-state index contributed by atoms with van der Waals surface area (Å²) in [7, 11) is 3.76. The van der Waals surface area contributed by atoms with Crippen LogP contribution in [0.4, 0.5) is 0 Å². The Bertz CT molecular complexity index is 560. The molecule has 0 radical (unpaired) electrons. The smallest absolute Gasteiger partial charge is 0.234 e. The summed E-state index contributed by atoms with van der Waals surface area (Å²) in [5, 5.41) is 6.41. The average molecular weight is 347 g/mol. The summed E-state index contributed by atoms with van der Waals surface area (Å²) in [5.41, 5.74) is 1.15. The monoisotopic (exact) mass is 347 g/mol. The lowest BCUT2D eigenvalue weighted by Crippen LogP contribution is -2.46. The second-order valence-electron chi connectivity index (χ2n) is 7.04. The predicted molar refractivity (Wildman–Crippen MR) is 96.7 cm³/mol. The van der Waals surface area contributed by atoms with Crippen LogP contribution in [-0.2, 0) is 9.53 Å². The van der Waals surface area contributed by atoms with Crippen molar-refractivity contribution in [1.29, 1.82) is 0 Å². The number of likely N-dealkylation sites (N-methyl/N-ethyl adjacent to an activating group) is 1. The van der Waals surface area contributed by atoms with E-state index in [0.717, 1.165) is 31.0 Å². The van der Waals surface area contributed by atoms with Crippen molar-refractivity contribution < 1.29 is 14.3 Å². The van der Waals surface area contributed by atoms with Crippen LogP contribution >= 0.6 is 0 Å². The molecule has 2 N–H and O–H groups in total. The highest BCUT2D eigenvalue weighted by atomic mass is 16.5. The third-order valence-electron chi connectivity index (χ3n) is 4.88. The standard InChI is InChI=1S/C19H29N3O3/c1-22-9-10-25-17(13-22)11-20-12-18(23)21-19(14-3-4-14)15-5-7-16(24-2)8-6-15/h5-8,14,17,19-20H,3-4,9-13H2,1-2H3,(H,21,23)/t17-,19+/m0/s1. The number of rotatable bonds is 8. The largest absolute Gasteiger partial charge is 0.497 e. The van der Waals surface area contributed by atoms with Crippen LogP contribution in [0.5, 0.6) is 5.75 Å². The summed E-state index contributed by atoms with van der Waals surface area (Å²) >= 11 is 0. The summed E-state index contributed by atoms with van der Waals surface area (Å²) < 4.78 is 10.9. The maximum absolute atomic E-state index is 12.3. The molecule has 138 valence electrons. The minimum atomic E-state index is 0.0388. The Morgan fingerprint density at radius 2 is 2.12 bits per heavy atom. The zero-order valence-corrected chi connectivity index (χ0v) is 15.2. The molecule has 1 amide bonds. The molecular formula is C19H29N3O3. The van der Waals surface area contributed by atoms with E-state index in [1.54, 1.807) is 7.11 Å². The van der Waals surface area contributed by atoms with Crippen LogP contribution < -0.4 is 15.4 Å². The number of morpholine rings is 1. The highest BCUT2D eigenvalue weighted by molar-refractivity contribution is 5.78. The molecular weight excluding hydrogens is 318 g/mol. The number of carbonyl (C=O) groups is 1. The third kappa shape index (κ3) is 5.42. The summed E-state index contributed by atoms with van der Waals surface area (Å²) in [4.78, 5) is 14.6. The summed E-state index contributed by atoms with van der Waals surface area (Å²) in [6.45, 7) is 3.67. The second kappa shape index (κ2) is 8.65. The van der Waals surface area contributed by atoms with Gasteiger partial charge in [-0.1, -0.05) is 12.1 Å². The van der Waals surface area contributed by atoms with Gasteiger partial charge in [-0.2, -0.15) is 0 Å². The lowest BCUT2D eigenvalue weighted by atomic mass is 10.0. The number of ether oxygens (including phenoxy) is 2. The van der Waals surface area contributed by atoms with Crippen molar-refractivity contribution in [2.75, 3.05) is 46.9 Å². The summed E-state index contributed by atoms with van der Waals surface area (Å²) in [6.07, 6.45) is 2.51. The van der Waals surface area contributed by atoms with Crippen molar-refractivity contribution in [3.63, 3.8) is 0 Å². The maximum Gasteiger partial charge on any atom is 0.234 e. The number of carbonyl (C=O) groups excluding carboxylic acids is 1. The first-order valence-corrected chi connectivity index (χ1v) is 9.10. The van der Waals surface area contributed by atoms with Gasteiger partial charge in [0.05, 0.1) is 32.4 Å². The van der Waals surface area contributed by atoms with E-state index in [9.17, 15) is 4.79 Å². The first-order chi connectivity index (χ1) is 12.2. The van der Waals surface area contributed by atoms with Crippen molar-refractivity contribution in [1.82, 2.24) is 15.5 Å². The van der Waals surface area contributed by atoms with E-state index in [4.69, 9.17) is 9.47 Å². The molecule has 0 unspecified atom stereocenters. The fourth-order valence-corrected chi connectivity index (χ4v) is 3.28. The number of nitrogens with one attached hydrogen (secondary N) is 2. The molecule has 6 nitrogen and oxygen atoms in total. The van der Waals surface area contributed by atoms with E-state index >= 15 is 0 Å². The van der Waals surface area contributed by atoms with E-state index < -0.39 is 0 Å². The van der Waals surface area contributed by atoms with Gasteiger partial charge in [-0.15, -0.1) is 0 Å². The molecule has 1 heterocycles. The maximum atomic E-state index is 12.3. The Morgan fingerprint density at radius 3 is 2.76 bits per heavy atom. The van der Waals surface area contributed by atoms with E-state index in [2.05, 4.69) is 22.6 Å². The molecule has 1 saturated carbocycles. The van der Waals surface area contributed by atoms with Crippen molar-refractivity contribution in [2.24, 2.45) is 5.92 Å². The average Bonchev–Trinajstić information content (AvgIpc) is 3.45. The molecule has 0 aromatic heterocycles. The van der Waals surface area contributed by atoms with Crippen LogP contribution in [0, 0.1) is 5.92 Å². The Balaban J connectivity index is 1.46. The number of methoxy groups -OCH3 is 1. The zero-order valence-electron chi connectivity index (χ0n) is 15.2. The Kier molecular flexibility index (Phi) is 6.29. The predicted octanol–water partition coefficient (Wildman–Crippen LogP) is 1.18. The van der Waals surface area contributed by atoms with Gasteiger partial charge in [0.1, 0.15) is 5.75 Å². The SMILES string of the molecule is COc1ccc([C@H](NC(=O)CNC[C@H]2CN(C)CCO2)C2CC2)cc1. The first kappa shape index (κ1) is 18.2. The van der Waals surface area contributed by atoms with E-state index in [-0.39, 0.29) is 18.1 Å². The molecule has 2 atom stereocenters. The molecule has 2 aliphatic rings. The Hall–Kier alpha value is -1.63. The highest BCUT2D eigenvalue weighted by Gasteiger charge is 2.33. The van der Waals surface area contributed by atoms with Crippen LogP contribution in [0.15, 0.2) is 24.3 Å². The van der Waals surface area contributed by atoms with E-state index in [1.807, 2.05) is 24.3 Å². The Morgan fingerprint density at radius 1 is 1.36 bits per heavy atom. The van der Waals surface area contributed by atoms with Crippen molar-refractivity contribution in [3.8, 4) is 5.75 Å². The molecule has 1 aromatic rings. The van der Waals surface area contributed by atoms with Crippen molar-refractivity contribution in [3.05, 3.63) is 29.8 Å². The fraction of sp³-hybridized carbons (Fsp3) is 0.632. The molecule has 1 aromatic carbocycles. The van der Waals surface area contributed by atoms with E-state index in [1.165, 1.54) is 12.8 Å². The molecule has 0 spiro atoms. The number of hydrogen-bond acceptors (Lipinski definition) is 5. The topological polar surface area (TPSA) is 62.8 Å². The summed E-state index contributed by atoms with van der Waals surface area (Å²) in [6, 6.07) is 8.08. The van der Waals surface area contributed by atoms with Gasteiger partial charge < -0.3 is 25.0 Å². The number of amides is 1. The molecule has 3 rings (SSSR count). The van der Waals surface area contributed by atoms with Crippen molar-refractivity contribution in [2.45, 2.75) is 25.0 Å². The van der Waals surface area contributed by atoms with Gasteiger partial charge >= 0.3 is 0 Å². The van der Waals surface area contributed by atoms with Gasteiger partial charge in [0.2, 0.25) is 5.91 Å². The lowest BCUT2D eigenvalue weighted by molar-refractivity contribution is -0.121. The Labute approximate surface area is 149 Å². The van der Waals surface area contributed by atoms with Gasteiger partial charge in [0, 0.05) is 19.6 Å². The normalized spacial score (nSPS) is 22.4. The van der Waals surface area contributed by atoms with Crippen LogP contribution in [0.1, 0.15) is 24.4 Å². The number of benzene rings is 1. The van der Waals surface area contributed by atoms with Crippen molar-refractivity contribution >= 4 is 5.91 Å². The zero-order chi connectivity index (χ0) is 17.6. The first-order valence-electron chi connectivity index (χ1n) is 9.10. The highest BCUT2D eigenvalue weighted by Crippen LogP contribution is 2.41. The van der Waals surface area contributed by atoms with Gasteiger partial charge in [-0.25, -0.2) is 0 Å². The number of hydrogen-bond donors (Lipinski definition) is 2. The summed E-state index contributed by atoms with van der Waals surface area (Å²) in [5.74, 6) is 1.42. The third-order valence-corrected chi connectivity index (χ3v) is 4.88. The van der Waals surface area contributed by atoms with Crippen LogP contribution in [0.2, 0.25) is 0 Å². The van der Waals surface area contributed by atoms with Crippen LogP contribution in [0.3, 0.4) is 0 Å². The van der Waals surface area contributed by atoms with Gasteiger partial charge in [-0.3, -0.25) is 4.79 Å². The van der Waals surface area contributed by atoms with Crippen LogP contribution in [-0.4, -0.2) is 63.9 Å². The van der Waals surface area contributed by atoms with Gasteiger partial charge in [-0.05, 0) is 43.5 Å². The quantitative estimate of drug-likeness (QED) is 0.739. The van der Waals surface area contributed by atoms with Gasteiger partial charge in [0.15, 0.2) is 0 Å². The molecule has 6 heteroatoms. The number of nitrogens with zero attached hydrogens (tertiary/aromatic N) is 1. The fourth-order valence-electron chi connectivity index (χ4n) is 3.28.